The SMILES string of the molecule is C/C=c1/c(N)c(O)cc/c1=C/CC. The van der Waals surface area contributed by atoms with Gasteiger partial charge >= 0.3 is 0 Å². The Labute approximate surface area is 78.0 Å². The summed E-state index contributed by atoms with van der Waals surface area (Å²) in [5, 5.41) is 11.4. The maximum absolute atomic E-state index is 9.36. The van der Waals surface area contributed by atoms with Gasteiger partial charge in [0.1, 0.15) is 5.75 Å². The summed E-state index contributed by atoms with van der Waals surface area (Å²) in [7, 11) is 0. The largest absolute Gasteiger partial charge is 0.506 e. The summed E-state index contributed by atoms with van der Waals surface area (Å²) in [5.74, 6) is 0.154. The number of nitrogen functional groups attached to an aromatic ring is 1. The molecule has 1 aromatic carbocycles. The van der Waals surface area contributed by atoms with E-state index in [-0.39, 0.29) is 5.75 Å². The van der Waals surface area contributed by atoms with Crippen LogP contribution in [0.1, 0.15) is 20.3 Å². The number of phenolic OH excluding ortho intramolecular Hbond substituents is 1. The van der Waals surface area contributed by atoms with Gasteiger partial charge in [-0.15, -0.1) is 0 Å². The number of rotatable bonds is 1. The quantitative estimate of drug-likeness (QED) is 0.496. The second kappa shape index (κ2) is 3.99. The summed E-state index contributed by atoms with van der Waals surface area (Å²) in [6, 6.07) is 3.51. The molecule has 0 saturated heterocycles. The molecule has 0 fully saturated rings. The number of hydrogen-bond donors (Lipinski definition) is 2. The number of benzene rings is 1. The second-order valence-electron chi connectivity index (χ2n) is 2.90. The number of anilines is 1. The van der Waals surface area contributed by atoms with E-state index in [1.54, 1.807) is 6.07 Å². The van der Waals surface area contributed by atoms with Gasteiger partial charge in [-0.1, -0.05) is 25.1 Å². The van der Waals surface area contributed by atoms with Gasteiger partial charge in [-0.3, -0.25) is 0 Å². The molecule has 0 saturated carbocycles. The monoisotopic (exact) mass is 177 g/mol. The number of hydrogen-bond acceptors (Lipinski definition) is 2. The molecule has 0 bridgehead atoms. The van der Waals surface area contributed by atoms with Gasteiger partial charge in [0.05, 0.1) is 5.69 Å². The van der Waals surface area contributed by atoms with Gasteiger partial charge in [-0.25, -0.2) is 0 Å². The van der Waals surface area contributed by atoms with Crippen molar-refractivity contribution in [3.8, 4) is 5.75 Å². The van der Waals surface area contributed by atoms with Crippen molar-refractivity contribution in [2.75, 3.05) is 5.73 Å². The topological polar surface area (TPSA) is 46.2 Å². The first-order valence-corrected chi connectivity index (χ1v) is 4.44. The van der Waals surface area contributed by atoms with Crippen molar-refractivity contribution in [2.45, 2.75) is 20.3 Å². The lowest BCUT2D eigenvalue weighted by atomic mass is 10.1. The van der Waals surface area contributed by atoms with Crippen molar-refractivity contribution in [2.24, 2.45) is 0 Å². The smallest absolute Gasteiger partial charge is 0.139 e. The van der Waals surface area contributed by atoms with Crippen molar-refractivity contribution in [1.29, 1.82) is 0 Å². The molecule has 3 N–H and O–H groups in total. The molecule has 0 unspecified atom stereocenters. The predicted octanol–water partition coefficient (Wildman–Crippen LogP) is 0.965. The molecule has 70 valence electrons. The standard InChI is InChI=1S/C11H15NO/c1-3-5-8-6-7-10(13)11(12)9(8)4-2/h4-7,13H,3,12H2,1-2H3/b8-5-,9-4+. The Morgan fingerprint density at radius 3 is 2.69 bits per heavy atom. The third-order valence-electron chi connectivity index (χ3n) is 2.01. The predicted molar refractivity (Wildman–Crippen MR) is 56.7 cm³/mol. The van der Waals surface area contributed by atoms with Gasteiger partial charge in [-0.05, 0) is 24.6 Å². The van der Waals surface area contributed by atoms with Crippen LogP contribution in [0, 0.1) is 0 Å². The minimum atomic E-state index is 0.154. The van der Waals surface area contributed by atoms with Gasteiger partial charge in [-0.2, -0.15) is 0 Å². The van der Waals surface area contributed by atoms with Crippen molar-refractivity contribution in [3.05, 3.63) is 22.6 Å². The Hall–Kier alpha value is -1.44. The molecule has 0 heterocycles. The molecule has 0 amide bonds. The Kier molecular flexibility index (Phi) is 2.96. The van der Waals surface area contributed by atoms with Crippen LogP contribution in [0.4, 0.5) is 5.69 Å². The minimum absolute atomic E-state index is 0.154. The Bertz CT molecular complexity index is 407. The van der Waals surface area contributed by atoms with Crippen LogP contribution in [0.15, 0.2) is 12.1 Å². The normalized spacial score (nSPS) is 13.7. The van der Waals surface area contributed by atoms with Crippen LogP contribution in [0.2, 0.25) is 0 Å². The molecular weight excluding hydrogens is 162 g/mol. The molecule has 2 nitrogen and oxygen atoms in total. The van der Waals surface area contributed by atoms with Gasteiger partial charge in [0.2, 0.25) is 0 Å². The Morgan fingerprint density at radius 2 is 2.15 bits per heavy atom. The number of phenols is 1. The van der Waals surface area contributed by atoms with Crippen molar-refractivity contribution < 1.29 is 5.11 Å². The Balaban J connectivity index is 3.59. The van der Waals surface area contributed by atoms with Crippen LogP contribution in [-0.4, -0.2) is 5.11 Å². The highest BCUT2D eigenvalue weighted by Crippen LogP contribution is 2.10. The molecular formula is C11H15NO. The van der Waals surface area contributed by atoms with E-state index >= 15 is 0 Å². The fourth-order valence-corrected chi connectivity index (χ4v) is 1.36. The van der Waals surface area contributed by atoms with Crippen LogP contribution >= 0.6 is 0 Å². The second-order valence-corrected chi connectivity index (χ2v) is 2.90. The molecule has 0 aliphatic carbocycles. The van der Waals surface area contributed by atoms with Crippen LogP contribution < -0.4 is 16.2 Å². The lowest BCUT2D eigenvalue weighted by Crippen LogP contribution is -2.27. The van der Waals surface area contributed by atoms with E-state index in [0.717, 1.165) is 16.9 Å². The summed E-state index contributed by atoms with van der Waals surface area (Å²) >= 11 is 0. The molecule has 0 aliphatic rings. The van der Waals surface area contributed by atoms with Crippen LogP contribution in [0.3, 0.4) is 0 Å². The zero-order valence-electron chi connectivity index (χ0n) is 8.04. The third kappa shape index (κ3) is 1.83. The van der Waals surface area contributed by atoms with E-state index in [2.05, 4.69) is 13.0 Å². The van der Waals surface area contributed by atoms with Gasteiger partial charge in [0.25, 0.3) is 0 Å². The lowest BCUT2D eigenvalue weighted by molar-refractivity contribution is 0.477. The van der Waals surface area contributed by atoms with E-state index in [4.69, 9.17) is 5.73 Å². The fourth-order valence-electron chi connectivity index (χ4n) is 1.36. The van der Waals surface area contributed by atoms with E-state index in [9.17, 15) is 5.11 Å². The van der Waals surface area contributed by atoms with E-state index < -0.39 is 0 Å². The fraction of sp³-hybridized carbons (Fsp3) is 0.273. The van der Waals surface area contributed by atoms with E-state index in [1.165, 1.54) is 0 Å². The first-order chi connectivity index (χ1) is 6.20. The molecule has 13 heavy (non-hydrogen) atoms. The van der Waals surface area contributed by atoms with Crippen LogP contribution in [0.25, 0.3) is 12.2 Å². The number of nitrogens with two attached hydrogens (primary N) is 1. The van der Waals surface area contributed by atoms with Crippen molar-refractivity contribution in [1.82, 2.24) is 0 Å². The Morgan fingerprint density at radius 1 is 1.46 bits per heavy atom. The first-order valence-electron chi connectivity index (χ1n) is 4.44. The summed E-state index contributed by atoms with van der Waals surface area (Å²) in [6.45, 7) is 3.99. The average Bonchev–Trinajstić information content (AvgIpc) is 2.12. The molecule has 0 atom stereocenters. The zero-order valence-corrected chi connectivity index (χ0v) is 8.04. The third-order valence-corrected chi connectivity index (χ3v) is 2.01. The highest BCUT2D eigenvalue weighted by Gasteiger charge is 1.96. The molecule has 1 aromatic rings. The highest BCUT2D eigenvalue weighted by atomic mass is 16.3. The van der Waals surface area contributed by atoms with Crippen LogP contribution in [-0.2, 0) is 0 Å². The molecule has 1 rings (SSSR count). The maximum atomic E-state index is 9.36. The van der Waals surface area contributed by atoms with E-state index in [1.807, 2.05) is 19.1 Å². The van der Waals surface area contributed by atoms with Gasteiger partial charge < -0.3 is 10.8 Å². The van der Waals surface area contributed by atoms with Crippen LogP contribution in [0.5, 0.6) is 5.75 Å². The summed E-state index contributed by atoms with van der Waals surface area (Å²) in [4.78, 5) is 0. The lowest BCUT2D eigenvalue weighted by Gasteiger charge is -1.99. The molecule has 0 spiro atoms. The van der Waals surface area contributed by atoms with Gasteiger partial charge in [0.15, 0.2) is 0 Å². The van der Waals surface area contributed by atoms with E-state index in [0.29, 0.717) is 5.69 Å². The maximum Gasteiger partial charge on any atom is 0.139 e. The summed E-state index contributed by atoms with van der Waals surface area (Å²) in [5.41, 5.74) is 6.19. The van der Waals surface area contributed by atoms with Crippen molar-refractivity contribution >= 4 is 17.8 Å². The molecule has 2 heteroatoms. The summed E-state index contributed by atoms with van der Waals surface area (Å²) in [6.07, 6.45) is 4.97. The molecule has 0 aliphatic heterocycles. The first kappa shape index (κ1) is 9.65. The zero-order chi connectivity index (χ0) is 9.84. The van der Waals surface area contributed by atoms with Gasteiger partial charge in [0, 0.05) is 5.22 Å². The summed E-state index contributed by atoms with van der Waals surface area (Å²) < 4.78 is 0. The number of aromatic hydroxyl groups is 1. The van der Waals surface area contributed by atoms with Crippen molar-refractivity contribution in [3.63, 3.8) is 0 Å². The molecule has 0 radical (unpaired) electrons. The molecule has 0 aromatic heterocycles. The highest BCUT2D eigenvalue weighted by molar-refractivity contribution is 5.56. The average molecular weight is 177 g/mol. The minimum Gasteiger partial charge on any atom is -0.506 e.